The third kappa shape index (κ3) is 8.86. The van der Waals surface area contributed by atoms with Crippen LogP contribution in [-0.4, -0.2) is 60.6 Å². The lowest BCUT2D eigenvalue weighted by Gasteiger charge is -2.40. The molecule has 2 bridgehead atoms. The first-order valence-electron chi connectivity index (χ1n) is 15.3. The molecule has 2 N–H and O–H groups in total. The molecular formula is C29H39B2ClN8O6-2. The highest BCUT2D eigenvalue weighted by molar-refractivity contribution is 6.84. The second kappa shape index (κ2) is 16.8. The number of nitrogens with zero attached hydrogens (tertiary/aromatic N) is 6. The number of hydrogen-bond acceptors (Lipinski definition) is 12. The summed E-state index contributed by atoms with van der Waals surface area (Å²) in [7, 11) is 0. The van der Waals surface area contributed by atoms with Crippen molar-refractivity contribution in [3.8, 4) is 0 Å². The van der Waals surface area contributed by atoms with Gasteiger partial charge in [0.2, 0.25) is 0 Å². The second-order valence-electron chi connectivity index (χ2n) is 10.5. The monoisotopic (exact) mass is 652 g/mol. The Balaban J connectivity index is 2.00. The van der Waals surface area contributed by atoms with Gasteiger partial charge in [0.15, 0.2) is 16.8 Å². The van der Waals surface area contributed by atoms with Gasteiger partial charge in [-0.15, -0.1) is 26.1 Å². The Morgan fingerprint density at radius 3 is 1.48 bits per heavy atom. The van der Waals surface area contributed by atoms with Crippen molar-refractivity contribution in [2.45, 2.75) is 60.3 Å². The summed E-state index contributed by atoms with van der Waals surface area (Å²) in [5.74, 6) is 0.446. The molecule has 0 aromatic heterocycles. The molecule has 0 aliphatic carbocycles. The lowest BCUT2D eigenvalue weighted by molar-refractivity contribution is 0.0366. The molecule has 3 aliphatic heterocycles. The predicted molar refractivity (Wildman–Crippen MR) is 183 cm³/mol. The zero-order valence-electron chi connectivity index (χ0n) is 26.7. The van der Waals surface area contributed by atoms with Crippen molar-refractivity contribution in [3.63, 3.8) is 0 Å². The predicted octanol–water partition coefficient (Wildman–Crippen LogP) is 3.89. The first-order chi connectivity index (χ1) is 22.3. The second-order valence-corrected chi connectivity index (χ2v) is 10.9. The maximum absolute atomic E-state index is 6.55. The molecule has 0 saturated carbocycles. The van der Waals surface area contributed by atoms with E-state index in [0.29, 0.717) is 24.0 Å². The molecule has 2 aromatic rings. The van der Waals surface area contributed by atoms with E-state index in [9.17, 15) is 0 Å². The molecule has 246 valence electrons. The van der Waals surface area contributed by atoms with E-state index < -0.39 is 13.5 Å². The molecule has 0 fully saturated rings. The maximum Gasteiger partial charge on any atom is 0.640 e. The molecule has 46 heavy (non-hydrogen) atoms. The summed E-state index contributed by atoms with van der Waals surface area (Å²) >= 11 is 6.55. The van der Waals surface area contributed by atoms with Gasteiger partial charge >= 0.3 is 13.5 Å². The normalized spacial score (nSPS) is 27.7. The van der Waals surface area contributed by atoms with Crippen LogP contribution < -0.4 is 21.9 Å². The van der Waals surface area contributed by atoms with Crippen LogP contribution in [0, 0.1) is 0 Å². The van der Waals surface area contributed by atoms with Crippen LogP contribution in [0.3, 0.4) is 0 Å². The van der Waals surface area contributed by atoms with Crippen molar-refractivity contribution < 1.29 is 28.5 Å². The van der Waals surface area contributed by atoms with Gasteiger partial charge in [0, 0.05) is 13.1 Å². The molecule has 0 amide bonds. The molecular weight excluding hydrogens is 613 g/mol. The molecule has 0 spiro atoms. The van der Waals surface area contributed by atoms with Crippen LogP contribution in [0.1, 0.15) is 60.3 Å². The third-order valence-electron chi connectivity index (χ3n) is 6.84. The zero-order chi connectivity index (χ0) is 32.8. The van der Waals surface area contributed by atoms with Gasteiger partial charge in [0.1, 0.15) is 17.1 Å². The van der Waals surface area contributed by atoms with Crippen LogP contribution in [0.15, 0.2) is 91.3 Å². The van der Waals surface area contributed by atoms with Crippen molar-refractivity contribution in [2.75, 3.05) is 13.1 Å². The van der Waals surface area contributed by atoms with E-state index in [0.717, 1.165) is 25.7 Å². The largest absolute Gasteiger partial charge is 0.640 e. The summed E-state index contributed by atoms with van der Waals surface area (Å²) in [5, 5.41) is 16.9. The molecule has 0 atom stereocenters. The summed E-state index contributed by atoms with van der Waals surface area (Å²) in [4.78, 5) is 9.32. The van der Waals surface area contributed by atoms with Crippen LogP contribution in [0.25, 0.3) is 0 Å². The molecule has 14 nitrogen and oxygen atoms in total. The Morgan fingerprint density at radius 1 is 0.609 bits per heavy atom. The molecule has 0 radical (unpaired) electrons. The van der Waals surface area contributed by atoms with Gasteiger partial charge in [0.05, 0.1) is 0 Å². The lowest BCUT2D eigenvalue weighted by Crippen LogP contribution is -2.62. The minimum Gasteiger partial charge on any atom is -0.556 e. The van der Waals surface area contributed by atoms with E-state index in [1.54, 1.807) is 69.3 Å². The minimum atomic E-state index is -3.03. The van der Waals surface area contributed by atoms with Gasteiger partial charge in [-0.05, 0) is 33.6 Å². The highest BCUT2D eigenvalue weighted by Gasteiger charge is 2.42. The number of fused-ring (bicyclic) bond motifs is 11. The van der Waals surface area contributed by atoms with E-state index in [4.69, 9.17) is 40.1 Å². The lowest BCUT2D eigenvalue weighted by atomic mass is 9.70. The Hall–Kier alpha value is -4.40. The number of rotatable bonds is 8. The quantitative estimate of drug-likeness (QED) is 0.322. The number of hydrogen-bond donors (Lipinski definition) is 2. The molecule has 3 heterocycles. The molecule has 0 saturated heterocycles. The average Bonchev–Trinajstić information content (AvgIpc) is 3.09. The van der Waals surface area contributed by atoms with Crippen molar-refractivity contribution in [2.24, 2.45) is 30.6 Å². The zero-order valence-corrected chi connectivity index (χ0v) is 27.4. The van der Waals surface area contributed by atoms with Gasteiger partial charge in [-0.2, -0.15) is 0 Å². The summed E-state index contributed by atoms with van der Waals surface area (Å²) in [5.41, 5.74) is 7.33. The molecule has 17 heteroatoms. The number of amidine groups is 2. The van der Waals surface area contributed by atoms with Gasteiger partial charge in [0.25, 0.3) is 0 Å². The molecule has 5 rings (SSSR count). The van der Waals surface area contributed by atoms with Crippen molar-refractivity contribution in [3.05, 3.63) is 60.7 Å². The van der Waals surface area contributed by atoms with E-state index in [1.165, 1.54) is 0 Å². The average molecular weight is 653 g/mol. The Kier molecular flexibility index (Phi) is 12.6. The summed E-state index contributed by atoms with van der Waals surface area (Å²) in [6.07, 6.45) is 3.46. The fraction of sp³-hybridized carbons (Fsp3) is 0.379. The fourth-order valence-corrected chi connectivity index (χ4v) is 4.11. The number of nitrogens with one attached hydrogen (secondary N) is 2. The fourth-order valence-electron chi connectivity index (χ4n) is 4.04. The molecule has 3 aliphatic rings. The first kappa shape index (κ1) is 34.5. The van der Waals surface area contributed by atoms with Crippen molar-refractivity contribution in [1.82, 2.24) is 11.0 Å². The summed E-state index contributed by atoms with van der Waals surface area (Å²) < 4.78 is 36.7. The van der Waals surface area contributed by atoms with Crippen LogP contribution >= 0.6 is 11.6 Å². The Morgan fingerprint density at radius 2 is 1.02 bits per heavy atom. The highest BCUT2D eigenvalue weighted by Crippen LogP contribution is 2.17. The standard InChI is InChI=1S/C29H39B2ClN8O6/c1-6-8-20-33-28-23(4)36-42-30(25-16-12-10-13-17-25)41-35-22(3)27(32)38-44-31(45-39-28,26-18-14-11-15-19-26)46-40-29(24(5)37-43-30)34-21-9-7-2/h10-19H,6-9,20-21H2,1-5H3,(H,33,39)(H,34,40)/q-2/b35-22?,36-23-,37-24-,38-27+. The minimum absolute atomic E-state index is 0.119. The van der Waals surface area contributed by atoms with Gasteiger partial charge in [-0.1, -0.05) is 104 Å². The summed E-state index contributed by atoms with van der Waals surface area (Å²) in [6.45, 7) is 3.93. The number of benzene rings is 2. The topological polar surface area (TPSA) is 154 Å². The SMILES string of the molecule is CCCCN=C1NO[B-]2(c3ccccc3)O/N=C(/Cl)C(C)=NO[B-](c3ccccc3)(O/N=C\1C)O/N=C(/C)C(=NCCCC)NO2. The van der Waals surface area contributed by atoms with Gasteiger partial charge in [-0.3, -0.25) is 20.9 Å². The van der Waals surface area contributed by atoms with E-state index in [-0.39, 0.29) is 34.0 Å². The number of hydroxylamine groups is 2. The van der Waals surface area contributed by atoms with Crippen LogP contribution in [0.4, 0.5) is 0 Å². The van der Waals surface area contributed by atoms with Crippen molar-refractivity contribution >= 4 is 70.0 Å². The number of unbranched alkanes of at least 4 members (excludes halogenated alkanes) is 2. The Labute approximate surface area is 273 Å². The van der Waals surface area contributed by atoms with Crippen molar-refractivity contribution in [1.29, 1.82) is 0 Å². The molecule has 0 unspecified atom stereocenters. The Bertz CT molecular complexity index is 1440. The van der Waals surface area contributed by atoms with Crippen LogP contribution in [-0.2, 0) is 28.5 Å². The highest BCUT2D eigenvalue weighted by atomic mass is 35.5. The third-order valence-corrected chi connectivity index (χ3v) is 7.18. The molecule has 2 aromatic carbocycles. The van der Waals surface area contributed by atoms with E-state index in [2.05, 4.69) is 55.4 Å². The van der Waals surface area contributed by atoms with E-state index >= 15 is 0 Å². The van der Waals surface area contributed by atoms with Gasteiger partial charge < -0.3 is 28.5 Å². The van der Waals surface area contributed by atoms with E-state index in [1.807, 2.05) is 12.1 Å². The van der Waals surface area contributed by atoms with Crippen LogP contribution in [0.5, 0.6) is 0 Å². The smallest absolute Gasteiger partial charge is 0.556 e. The number of halogens is 1. The van der Waals surface area contributed by atoms with Crippen LogP contribution in [0.2, 0.25) is 0 Å². The van der Waals surface area contributed by atoms with Gasteiger partial charge in [-0.25, -0.2) is 0 Å². The summed E-state index contributed by atoms with van der Waals surface area (Å²) in [6, 6.07) is 17.8. The maximum atomic E-state index is 6.55. The number of oxime groups is 4. The number of aliphatic imine (C=N–C) groups is 2. The first-order valence-corrected chi connectivity index (χ1v) is 15.7.